The second-order valence-corrected chi connectivity index (χ2v) is 6.32. The van der Waals surface area contributed by atoms with Crippen molar-refractivity contribution in [2.24, 2.45) is 0 Å². The van der Waals surface area contributed by atoms with E-state index < -0.39 is 59.2 Å². The highest BCUT2D eigenvalue weighted by atomic mass is 32.2. The lowest BCUT2D eigenvalue weighted by Gasteiger charge is -2.39. The lowest BCUT2D eigenvalue weighted by Crippen LogP contribution is -2.69. The second kappa shape index (κ2) is 9.64. The van der Waals surface area contributed by atoms with Crippen molar-refractivity contribution >= 4 is 11.8 Å². The molecule has 0 rings (SSSR count). The van der Waals surface area contributed by atoms with Crippen LogP contribution in [-0.2, 0) is 9.47 Å². The molecule has 0 aromatic heterocycles. The van der Waals surface area contributed by atoms with Crippen LogP contribution in [0.3, 0.4) is 0 Å². The molecule has 0 radical (unpaired) electrons. The number of aliphatic hydroxyl groups excluding tert-OH is 1. The van der Waals surface area contributed by atoms with Crippen molar-refractivity contribution in [2.75, 3.05) is 38.8 Å². The Kier molecular flexibility index (Phi) is 9.41. The van der Waals surface area contributed by atoms with Crippen LogP contribution in [0.4, 0.5) is 57.1 Å². The maximum absolute atomic E-state index is 13.4. The number of hydrogen-bond acceptors (Lipinski definition) is 4. The zero-order chi connectivity index (χ0) is 23.4. The lowest BCUT2D eigenvalue weighted by molar-refractivity contribution is -0.433. The summed E-state index contributed by atoms with van der Waals surface area (Å²) in [6, 6.07) is 0. The van der Waals surface area contributed by atoms with Crippen molar-refractivity contribution < 1.29 is 71.7 Å². The molecule has 3 nitrogen and oxygen atoms in total. The van der Waals surface area contributed by atoms with Crippen molar-refractivity contribution in [1.29, 1.82) is 0 Å². The van der Waals surface area contributed by atoms with Crippen LogP contribution in [0.1, 0.15) is 0 Å². The molecular weight excluding hydrogens is 471 g/mol. The van der Waals surface area contributed by atoms with Gasteiger partial charge < -0.3 is 14.6 Å². The van der Waals surface area contributed by atoms with E-state index in [1.54, 1.807) is 0 Å². The standard InChI is InChI=1S/C12H13F13O3S/c13-7(14,9(17,18)11(21,22)23)8(15,16)10(19,20)12(24,25)29-6-5-28-4-3-27-2-1-26/h26H,1-6H2. The molecule has 0 atom stereocenters. The Morgan fingerprint density at radius 3 is 1.38 bits per heavy atom. The van der Waals surface area contributed by atoms with Gasteiger partial charge in [-0.25, -0.2) is 0 Å². The Morgan fingerprint density at radius 1 is 0.552 bits per heavy atom. The summed E-state index contributed by atoms with van der Waals surface area (Å²) in [6.07, 6.45) is -7.43. The average Bonchev–Trinajstić information content (AvgIpc) is 2.55. The Labute approximate surface area is 158 Å². The summed E-state index contributed by atoms with van der Waals surface area (Å²) in [6.45, 7) is -1.89. The van der Waals surface area contributed by atoms with Gasteiger partial charge in [-0.15, -0.1) is 0 Å². The second-order valence-electron chi connectivity index (χ2n) is 5.11. The fourth-order valence-electron chi connectivity index (χ4n) is 1.46. The SMILES string of the molecule is OCCOCCOCCSC(F)(F)C(F)(F)C(F)(F)C(F)(F)C(F)(F)C(F)(F)F. The topological polar surface area (TPSA) is 38.7 Å². The van der Waals surface area contributed by atoms with Gasteiger partial charge in [0.1, 0.15) is 0 Å². The summed E-state index contributed by atoms with van der Waals surface area (Å²) < 4.78 is 176. The lowest BCUT2D eigenvalue weighted by atomic mass is 9.98. The largest absolute Gasteiger partial charge is 0.460 e. The van der Waals surface area contributed by atoms with E-state index in [1.165, 1.54) is 0 Å². The fourth-order valence-corrected chi connectivity index (χ4v) is 2.23. The van der Waals surface area contributed by atoms with Crippen molar-refractivity contribution in [3.63, 3.8) is 0 Å². The molecule has 0 amide bonds. The molecule has 0 aliphatic carbocycles. The molecule has 0 aromatic carbocycles. The molecule has 176 valence electrons. The number of thioether (sulfide) groups is 1. The van der Waals surface area contributed by atoms with Crippen molar-refractivity contribution in [3.8, 4) is 0 Å². The molecule has 0 saturated heterocycles. The Balaban J connectivity index is 5.21. The van der Waals surface area contributed by atoms with Gasteiger partial charge in [0.15, 0.2) is 0 Å². The van der Waals surface area contributed by atoms with Gasteiger partial charge in [0.25, 0.3) is 0 Å². The highest BCUT2D eigenvalue weighted by molar-refractivity contribution is 8.00. The minimum Gasteiger partial charge on any atom is -0.394 e. The normalized spacial score (nSPS) is 15.1. The first kappa shape index (κ1) is 28.3. The van der Waals surface area contributed by atoms with Crippen LogP contribution in [0, 0.1) is 0 Å². The smallest absolute Gasteiger partial charge is 0.394 e. The van der Waals surface area contributed by atoms with Gasteiger partial charge in [0, 0.05) is 5.75 Å². The van der Waals surface area contributed by atoms with Gasteiger partial charge in [-0.1, -0.05) is 11.8 Å². The van der Waals surface area contributed by atoms with Crippen molar-refractivity contribution in [3.05, 3.63) is 0 Å². The Hall–Kier alpha value is -0.680. The average molecular weight is 484 g/mol. The molecule has 17 heteroatoms. The summed E-state index contributed by atoms with van der Waals surface area (Å²) in [7, 11) is 0. The minimum atomic E-state index is -7.90. The van der Waals surface area contributed by atoms with Crippen LogP contribution in [0.2, 0.25) is 0 Å². The number of alkyl halides is 13. The summed E-state index contributed by atoms with van der Waals surface area (Å²) in [5.41, 5.74) is 0. The molecule has 0 fully saturated rings. The highest BCUT2D eigenvalue weighted by Gasteiger charge is 2.90. The zero-order valence-electron chi connectivity index (χ0n) is 13.8. The third kappa shape index (κ3) is 5.72. The van der Waals surface area contributed by atoms with E-state index >= 15 is 0 Å². The van der Waals surface area contributed by atoms with Crippen LogP contribution in [0.25, 0.3) is 0 Å². The number of ether oxygens (including phenoxy) is 2. The third-order valence-corrected chi connectivity index (χ3v) is 4.01. The molecule has 0 bridgehead atoms. The number of rotatable bonds is 13. The molecule has 0 aliphatic rings. The fraction of sp³-hybridized carbons (Fsp3) is 1.00. The predicted molar refractivity (Wildman–Crippen MR) is 72.0 cm³/mol. The Bertz CT molecular complexity index is 510. The van der Waals surface area contributed by atoms with E-state index in [1.807, 2.05) is 0 Å². The van der Waals surface area contributed by atoms with E-state index in [0.29, 0.717) is 0 Å². The van der Waals surface area contributed by atoms with E-state index in [4.69, 9.17) is 5.11 Å². The first-order valence-corrected chi connectivity index (χ1v) is 8.16. The molecule has 29 heavy (non-hydrogen) atoms. The quantitative estimate of drug-likeness (QED) is 0.310. The van der Waals surface area contributed by atoms with E-state index in [0.717, 1.165) is 0 Å². The van der Waals surface area contributed by atoms with Gasteiger partial charge in [-0.3, -0.25) is 0 Å². The first-order valence-electron chi connectivity index (χ1n) is 7.17. The van der Waals surface area contributed by atoms with Gasteiger partial charge in [0.2, 0.25) is 0 Å². The van der Waals surface area contributed by atoms with Gasteiger partial charge >= 0.3 is 35.1 Å². The molecule has 0 spiro atoms. The van der Waals surface area contributed by atoms with E-state index in [2.05, 4.69) is 9.47 Å². The van der Waals surface area contributed by atoms with Crippen LogP contribution in [0.15, 0.2) is 0 Å². The zero-order valence-corrected chi connectivity index (χ0v) is 14.6. The molecule has 0 aromatic rings. The first-order chi connectivity index (χ1) is 12.8. The summed E-state index contributed by atoms with van der Waals surface area (Å²) >= 11 is -1.41. The van der Waals surface area contributed by atoms with Gasteiger partial charge in [0.05, 0.1) is 33.0 Å². The predicted octanol–water partition coefficient (Wildman–Crippen LogP) is 4.44. The van der Waals surface area contributed by atoms with Crippen molar-refractivity contribution in [2.45, 2.75) is 35.1 Å². The Morgan fingerprint density at radius 2 is 0.966 bits per heavy atom. The molecular formula is C12H13F13O3S. The molecule has 0 saturated carbocycles. The van der Waals surface area contributed by atoms with Crippen LogP contribution >= 0.6 is 11.8 Å². The van der Waals surface area contributed by atoms with Crippen LogP contribution < -0.4 is 0 Å². The molecule has 0 unspecified atom stereocenters. The number of halogens is 13. The maximum Gasteiger partial charge on any atom is 0.460 e. The number of hydrogen-bond donors (Lipinski definition) is 1. The summed E-state index contributed by atoms with van der Waals surface area (Å²) in [5.74, 6) is -32.0. The minimum absolute atomic E-state index is 0.131. The maximum atomic E-state index is 13.4. The summed E-state index contributed by atoms with van der Waals surface area (Å²) in [4.78, 5) is 0. The molecule has 1 N–H and O–H groups in total. The summed E-state index contributed by atoms with van der Waals surface area (Å²) in [5, 5.41) is 2.17. The van der Waals surface area contributed by atoms with Crippen LogP contribution in [0.5, 0.6) is 0 Å². The van der Waals surface area contributed by atoms with Crippen LogP contribution in [-0.4, -0.2) is 79.0 Å². The molecule has 0 aliphatic heterocycles. The van der Waals surface area contributed by atoms with Gasteiger partial charge in [-0.2, -0.15) is 57.1 Å². The van der Waals surface area contributed by atoms with E-state index in [-0.39, 0.29) is 26.4 Å². The van der Waals surface area contributed by atoms with Crippen molar-refractivity contribution in [1.82, 2.24) is 0 Å². The monoisotopic (exact) mass is 484 g/mol. The third-order valence-electron chi connectivity index (χ3n) is 3.02. The highest BCUT2D eigenvalue weighted by Crippen LogP contribution is 2.61. The molecule has 0 heterocycles. The van der Waals surface area contributed by atoms with E-state index in [9.17, 15) is 57.1 Å². The number of aliphatic hydroxyl groups is 1. The van der Waals surface area contributed by atoms with Gasteiger partial charge in [-0.05, 0) is 0 Å².